The van der Waals surface area contributed by atoms with Crippen LogP contribution in [-0.2, 0) is 0 Å². The summed E-state index contributed by atoms with van der Waals surface area (Å²) in [6.45, 7) is 3.62. The number of benzene rings is 1. The third-order valence-electron chi connectivity index (χ3n) is 2.02. The molecular formula is C10H8BrNO2. The van der Waals surface area contributed by atoms with Gasteiger partial charge in [0.15, 0.2) is 5.89 Å². The predicted octanol–water partition coefficient (Wildman–Crippen LogP) is 2.57. The van der Waals surface area contributed by atoms with E-state index >= 15 is 0 Å². The van der Waals surface area contributed by atoms with Crippen LogP contribution < -0.4 is 5.63 Å². The van der Waals surface area contributed by atoms with Gasteiger partial charge >= 0.3 is 5.63 Å². The maximum absolute atomic E-state index is 11.4. The van der Waals surface area contributed by atoms with E-state index in [1.165, 1.54) is 0 Å². The van der Waals surface area contributed by atoms with Crippen LogP contribution in [0.15, 0.2) is 25.8 Å². The Balaban J connectivity index is 2.96. The van der Waals surface area contributed by atoms with E-state index in [9.17, 15) is 4.79 Å². The van der Waals surface area contributed by atoms with Gasteiger partial charge in [0.25, 0.3) is 0 Å². The van der Waals surface area contributed by atoms with Gasteiger partial charge < -0.3 is 4.42 Å². The largest absolute Gasteiger partial charge is 0.408 e. The van der Waals surface area contributed by atoms with Gasteiger partial charge in [0, 0.05) is 11.4 Å². The lowest BCUT2D eigenvalue weighted by Crippen LogP contribution is -2.03. The fourth-order valence-electron chi connectivity index (χ4n) is 1.30. The summed E-state index contributed by atoms with van der Waals surface area (Å²) in [5.74, 6) is 0.393. The quantitative estimate of drug-likeness (QED) is 0.725. The van der Waals surface area contributed by atoms with Crippen LogP contribution in [0.3, 0.4) is 0 Å². The van der Waals surface area contributed by atoms with Crippen molar-refractivity contribution in [1.82, 2.24) is 4.98 Å². The minimum Gasteiger partial charge on any atom is -0.408 e. The lowest BCUT2D eigenvalue weighted by molar-refractivity contribution is 0.467. The monoisotopic (exact) mass is 253 g/mol. The molecular weight excluding hydrogens is 246 g/mol. The molecule has 0 spiro atoms. The Morgan fingerprint density at radius 1 is 1.36 bits per heavy atom. The Hall–Kier alpha value is -1.16. The Labute approximate surface area is 88.9 Å². The maximum atomic E-state index is 11.4. The zero-order chi connectivity index (χ0) is 10.3. The number of hydrogen-bond donors (Lipinski definition) is 0. The van der Waals surface area contributed by atoms with E-state index in [2.05, 4.69) is 20.9 Å². The Morgan fingerprint density at radius 2 is 2.07 bits per heavy atom. The number of fused-ring (bicyclic) bond motifs is 1. The van der Waals surface area contributed by atoms with Crippen molar-refractivity contribution >= 4 is 26.8 Å². The first kappa shape index (κ1) is 9.40. The molecule has 1 aromatic carbocycles. The lowest BCUT2D eigenvalue weighted by atomic mass is 10.2. The van der Waals surface area contributed by atoms with Crippen molar-refractivity contribution in [2.24, 2.45) is 0 Å². The van der Waals surface area contributed by atoms with Crippen molar-refractivity contribution in [2.75, 3.05) is 0 Å². The second kappa shape index (κ2) is 3.20. The number of rotatable bonds is 0. The number of hydrogen-bond acceptors (Lipinski definition) is 3. The average Bonchev–Trinajstić information content (AvgIpc) is 2.08. The van der Waals surface area contributed by atoms with E-state index in [0.29, 0.717) is 16.8 Å². The third-order valence-corrected chi connectivity index (χ3v) is 2.87. The van der Waals surface area contributed by atoms with Crippen LogP contribution in [0, 0.1) is 13.8 Å². The minimum absolute atomic E-state index is 0.340. The molecule has 4 heteroatoms. The Kier molecular flexibility index (Phi) is 2.15. The maximum Gasteiger partial charge on any atom is 0.346 e. The number of halogens is 1. The first-order valence-corrected chi connectivity index (χ1v) is 4.95. The van der Waals surface area contributed by atoms with E-state index in [-0.39, 0.29) is 5.63 Å². The van der Waals surface area contributed by atoms with Crippen molar-refractivity contribution in [3.8, 4) is 0 Å². The van der Waals surface area contributed by atoms with Crippen LogP contribution in [0.5, 0.6) is 0 Å². The highest BCUT2D eigenvalue weighted by atomic mass is 79.9. The number of aromatic nitrogens is 1. The lowest BCUT2D eigenvalue weighted by Gasteiger charge is -2.00. The minimum atomic E-state index is -0.340. The molecule has 0 saturated carbocycles. The highest BCUT2D eigenvalue weighted by molar-refractivity contribution is 9.10. The second-order valence-electron chi connectivity index (χ2n) is 3.14. The zero-order valence-corrected chi connectivity index (χ0v) is 9.38. The molecule has 2 rings (SSSR count). The van der Waals surface area contributed by atoms with Crippen molar-refractivity contribution in [1.29, 1.82) is 0 Å². The molecule has 1 heterocycles. The van der Waals surface area contributed by atoms with Crippen LogP contribution in [0.2, 0.25) is 0 Å². The van der Waals surface area contributed by atoms with Crippen molar-refractivity contribution < 1.29 is 4.42 Å². The fraction of sp³-hybridized carbons (Fsp3) is 0.200. The first-order valence-electron chi connectivity index (χ1n) is 4.15. The Morgan fingerprint density at radius 3 is 2.79 bits per heavy atom. The van der Waals surface area contributed by atoms with E-state index in [1.807, 2.05) is 13.0 Å². The molecule has 0 bridgehead atoms. The van der Waals surface area contributed by atoms with Crippen molar-refractivity contribution in [3.63, 3.8) is 0 Å². The molecule has 0 saturated heterocycles. The molecule has 0 atom stereocenters. The molecule has 0 aliphatic carbocycles. The van der Waals surface area contributed by atoms with Gasteiger partial charge in [0.05, 0.1) is 10.9 Å². The normalized spacial score (nSPS) is 10.8. The first-order chi connectivity index (χ1) is 6.58. The summed E-state index contributed by atoms with van der Waals surface area (Å²) >= 11 is 3.36. The summed E-state index contributed by atoms with van der Waals surface area (Å²) in [6, 6.07) is 3.60. The van der Waals surface area contributed by atoms with Crippen LogP contribution in [0.1, 0.15) is 11.5 Å². The summed E-state index contributed by atoms with van der Waals surface area (Å²) in [4.78, 5) is 15.6. The standard InChI is InChI=1S/C10H8BrNO2/c1-5-3-9-7(4-8(5)11)10(13)14-6(2)12-9/h3-4H,1-2H3. The topological polar surface area (TPSA) is 43.1 Å². The predicted molar refractivity (Wildman–Crippen MR) is 57.5 cm³/mol. The molecule has 0 aliphatic rings. The molecule has 14 heavy (non-hydrogen) atoms. The van der Waals surface area contributed by atoms with Gasteiger partial charge in [-0.15, -0.1) is 0 Å². The summed E-state index contributed by atoms with van der Waals surface area (Å²) in [5, 5.41) is 0.507. The fourth-order valence-corrected chi connectivity index (χ4v) is 1.65. The van der Waals surface area contributed by atoms with E-state index in [4.69, 9.17) is 4.42 Å². The van der Waals surface area contributed by atoms with Gasteiger partial charge in [0.2, 0.25) is 0 Å². The smallest absolute Gasteiger partial charge is 0.346 e. The molecule has 1 aromatic heterocycles. The number of aryl methyl sites for hydroxylation is 2. The van der Waals surface area contributed by atoms with Gasteiger partial charge in [-0.3, -0.25) is 0 Å². The molecule has 0 N–H and O–H groups in total. The van der Waals surface area contributed by atoms with Crippen LogP contribution in [0.25, 0.3) is 10.9 Å². The average molecular weight is 254 g/mol. The summed E-state index contributed by atoms with van der Waals surface area (Å²) < 4.78 is 5.79. The van der Waals surface area contributed by atoms with Crippen LogP contribution in [-0.4, -0.2) is 4.98 Å². The number of nitrogens with zero attached hydrogens (tertiary/aromatic N) is 1. The molecule has 0 unspecified atom stereocenters. The van der Waals surface area contributed by atoms with E-state index in [0.717, 1.165) is 10.0 Å². The molecule has 0 amide bonds. The molecule has 2 aromatic rings. The highest BCUT2D eigenvalue weighted by Gasteiger charge is 2.05. The van der Waals surface area contributed by atoms with Gasteiger partial charge in [-0.25, -0.2) is 9.78 Å². The van der Waals surface area contributed by atoms with Gasteiger partial charge in [-0.05, 0) is 24.6 Å². The molecule has 0 fully saturated rings. The van der Waals surface area contributed by atoms with Gasteiger partial charge in [-0.2, -0.15) is 0 Å². The summed E-state index contributed by atoms with van der Waals surface area (Å²) in [5.41, 5.74) is 1.39. The van der Waals surface area contributed by atoms with Gasteiger partial charge in [-0.1, -0.05) is 15.9 Å². The summed E-state index contributed by atoms with van der Waals surface area (Å²) in [6.07, 6.45) is 0. The molecule has 72 valence electrons. The SMILES string of the molecule is Cc1nc2cc(C)c(Br)cc2c(=O)o1. The highest BCUT2D eigenvalue weighted by Crippen LogP contribution is 2.20. The van der Waals surface area contributed by atoms with Crippen molar-refractivity contribution in [3.05, 3.63) is 38.5 Å². The molecule has 3 nitrogen and oxygen atoms in total. The van der Waals surface area contributed by atoms with Crippen LogP contribution in [0.4, 0.5) is 0 Å². The van der Waals surface area contributed by atoms with E-state index in [1.54, 1.807) is 13.0 Å². The molecule has 0 radical (unpaired) electrons. The zero-order valence-electron chi connectivity index (χ0n) is 7.80. The Bertz CT molecular complexity index is 560. The second-order valence-corrected chi connectivity index (χ2v) is 3.99. The van der Waals surface area contributed by atoms with E-state index < -0.39 is 0 Å². The van der Waals surface area contributed by atoms with Crippen LogP contribution >= 0.6 is 15.9 Å². The third kappa shape index (κ3) is 1.46. The summed E-state index contributed by atoms with van der Waals surface area (Å²) in [7, 11) is 0. The van der Waals surface area contributed by atoms with Crippen molar-refractivity contribution in [2.45, 2.75) is 13.8 Å². The molecule has 0 aliphatic heterocycles. The van der Waals surface area contributed by atoms with Gasteiger partial charge in [0.1, 0.15) is 0 Å².